The number of halogens is 1. The van der Waals surface area contributed by atoms with Gasteiger partial charge in [0, 0.05) is 6.54 Å². The molecule has 4 heteroatoms. The van der Waals surface area contributed by atoms with Gasteiger partial charge >= 0.3 is 0 Å². The average Bonchev–Trinajstić information content (AvgIpc) is 2.38. The van der Waals surface area contributed by atoms with Crippen LogP contribution in [0.3, 0.4) is 0 Å². The van der Waals surface area contributed by atoms with Crippen LogP contribution in [0.5, 0.6) is 0 Å². The molecule has 1 atom stereocenters. The first-order valence-corrected chi connectivity index (χ1v) is 6.26. The van der Waals surface area contributed by atoms with E-state index in [0.717, 1.165) is 5.56 Å². The van der Waals surface area contributed by atoms with Gasteiger partial charge in [-0.05, 0) is 12.5 Å². The maximum absolute atomic E-state index is 11.5. The van der Waals surface area contributed by atoms with Crippen molar-refractivity contribution < 1.29 is 9.53 Å². The van der Waals surface area contributed by atoms with Crippen LogP contribution in [0.4, 0.5) is 0 Å². The highest BCUT2D eigenvalue weighted by Crippen LogP contribution is 2.23. The summed E-state index contributed by atoms with van der Waals surface area (Å²) in [5, 5.41) is 0. The van der Waals surface area contributed by atoms with Gasteiger partial charge in [-0.1, -0.05) is 29.8 Å². The van der Waals surface area contributed by atoms with Gasteiger partial charge in [0.2, 0.25) is 5.91 Å². The highest BCUT2D eigenvalue weighted by Gasteiger charge is 2.24. The summed E-state index contributed by atoms with van der Waals surface area (Å²) in [6.07, 6.45) is -0.0317. The van der Waals surface area contributed by atoms with E-state index in [1.165, 1.54) is 5.56 Å². The highest BCUT2D eigenvalue weighted by molar-refractivity contribution is 6.27. The molecule has 92 valence electrons. The number of rotatable bonds is 2. The largest absolute Gasteiger partial charge is 0.370 e. The normalized spacial score (nSPS) is 20.4. The number of nitrogens with zero attached hydrogens (tertiary/aromatic N) is 1. The molecule has 1 saturated heterocycles. The Morgan fingerprint density at radius 2 is 2.41 bits per heavy atom. The number of ether oxygens (including phenoxy) is 1. The summed E-state index contributed by atoms with van der Waals surface area (Å²) in [4.78, 5) is 13.3. The molecule has 1 aliphatic heterocycles. The molecule has 1 aromatic carbocycles. The number of morpholine rings is 1. The van der Waals surface area contributed by atoms with E-state index < -0.39 is 0 Å². The lowest BCUT2D eigenvalue weighted by Gasteiger charge is -2.33. The minimum atomic E-state index is -0.0317. The Balaban J connectivity index is 2.09. The van der Waals surface area contributed by atoms with Crippen LogP contribution >= 0.6 is 11.6 Å². The zero-order valence-electron chi connectivity index (χ0n) is 9.86. The van der Waals surface area contributed by atoms with Crippen molar-refractivity contribution in [3.8, 4) is 0 Å². The lowest BCUT2D eigenvalue weighted by atomic mass is 10.1. The fraction of sp³-hybridized carbons (Fsp3) is 0.462. The van der Waals surface area contributed by atoms with Crippen molar-refractivity contribution in [2.75, 3.05) is 25.6 Å². The topological polar surface area (TPSA) is 29.5 Å². The second kappa shape index (κ2) is 5.52. The predicted molar refractivity (Wildman–Crippen MR) is 67.2 cm³/mol. The lowest BCUT2D eigenvalue weighted by Crippen LogP contribution is -2.42. The molecule has 1 amide bonds. The van der Waals surface area contributed by atoms with Crippen LogP contribution in [0, 0.1) is 6.92 Å². The zero-order chi connectivity index (χ0) is 12.3. The summed E-state index contributed by atoms with van der Waals surface area (Å²) in [5.74, 6) is 0.0215. The maximum Gasteiger partial charge on any atom is 0.237 e. The molecule has 1 unspecified atom stereocenters. The Bertz CT molecular complexity index is 408. The molecule has 1 aromatic rings. The number of benzene rings is 1. The molecule has 0 aliphatic carbocycles. The first-order valence-electron chi connectivity index (χ1n) is 5.72. The molecule has 17 heavy (non-hydrogen) atoms. The summed E-state index contributed by atoms with van der Waals surface area (Å²) < 4.78 is 5.71. The monoisotopic (exact) mass is 253 g/mol. The average molecular weight is 254 g/mol. The second-order valence-electron chi connectivity index (χ2n) is 4.25. The number of amides is 1. The molecule has 0 saturated carbocycles. The summed E-state index contributed by atoms with van der Waals surface area (Å²) in [6, 6.07) is 8.19. The summed E-state index contributed by atoms with van der Waals surface area (Å²) in [7, 11) is 0. The van der Waals surface area contributed by atoms with E-state index >= 15 is 0 Å². The fourth-order valence-electron chi connectivity index (χ4n) is 2.03. The van der Waals surface area contributed by atoms with E-state index in [2.05, 4.69) is 6.07 Å². The molecule has 0 aromatic heterocycles. The van der Waals surface area contributed by atoms with Gasteiger partial charge < -0.3 is 9.64 Å². The molecule has 1 heterocycles. The van der Waals surface area contributed by atoms with Crippen LogP contribution in [0.2, 0.25) is 0 Å². The fourth-order valence-corrected chi connectivity index (χ4v) is 2.20. The van der Waals surface area contributed by atoms with Gasteiger partial charge in [-0.15, -0.1) is 11.6 Å². The number of carbonyl (C=O) groups excluding carboxylic acids is 1. The van der Waals surface area contributed by atoms with E-state index in [1.807, 2.05) is 25.1 Å². The number of hydrogen-bond donors (Lipinski definition) is 0. The third kappa shape index (κ3) is 2.99. The van der Waals surface area contributed by atoms with Gasteiger partial charge in [-0.2, -0.15) is 0 Å². The van der Waals surface area contributed by atoms with E-state index in [1.54, 1.807) is 4.90 Å². The second-order valence-corrected chi connectivity index (χ2v) is 4.51. The van der Waals surface area contributed by atoms with Gasteiger partial charge in [-0.25, -0.2) is 0 Å². The van der Waals surface area contributed by atoms with Crippen molar-refractivity contribution >= 4 is 17.5 Å². The first kappa shape index (κ1) is 12.4. The van der Waals surface area contributed by atoms with Crippen LogP contribution in [-0.4, -0.2) is 36.4 Å². The number of hydrogen-bond acceptors (Lipinski definition) is 2. The smallest absolute Gasteiger partial charge is 0.237 e. The van der Waals surface area contributed by atoms with Crippen molar-refractivity contribution in [2.24, 2.45) is 0 Å². The van der Waals surface area contributed by atoms with Crippen molar-refractivity contribution in [3.63, 3.8) is 0 Å². The SMILES string of the molecule is Cc1cccc(C2CN(C(=O)CCl)CCO2)c1. The van der Waals surface area contributed by atoms with E-state index in [-0.39, 0.29) is 17.9 Å². The summed E-state index contributed by atoms with van der Waals surface area (Å²) in [5.41, 5.74) is 2.32. The molecule has 1 aliphatic rings. The minimum Gasteiger partial charge on any atom is -0.370 e. The minimum absolute atomic E-state index is 0.0207. The third-order valence-corrected chi connectivity index (χ3v) is 3.18. The molecule has 2 rings (SSSR count). The van der Waals surface area contributed by atoms with Crippen molar-refractivity contribution in [1.29, 1.82) is 0 Å². The Hall–Kier alpha value is -1.06. The molecule has 0 bridgehead atoms. The van der Waals surface area contributed by atoms with E-state index in [0.29, 0.717) is 19.7 Å². The Morgan fingerprint density at radius 3 is 3.12 bits per heavy atom. The van der Waals surface area contributed by atoms with Gasteiger partial charge in [0.05, 0.1) is 13.2 Å². The molecular formula is C13H16ClNO2. The van der Waals surface area contributed by atoms with Crippen LogP contribution in [-0.2, 0) is 9.53 Å². The Morgan fingerprint density at radius 1 is 1.59 bits per heavy atom. The standard InChI is InChI=1S/C13H16ClNO2/c1-10-3-2-4-11(7-10)12-9-15(5-6-17-12)13(16)8-14/h2-4,7,12H,5-6,8-9H2,1H3. The maximum atomic E-state index is 11.5. The lowest BCUT2D eigenvalue weighted by molar-refractivity contribution is -0.136. The van der Waals surface area contributed by atoms with E-state index in [4.69, 9.17) is 16.3 Å². The molecule has 3 nitrogen and oxygen atoms in total. The van der Waals surface area contributed by atoms with Crippen LogP contribution in [0.25, 0.3) is 0 Å². The molecule has 0 radical (unpaired) electrons. The van der Waals surface area contributed by atoms with Crippen molar-refractivity contribution in [2.45, 2.75) is 13.0 Å². The summed E-state index contributed by atoms with van der Waals surface area (Å²) >= 11 is 5.57. The first-order chi connectivity index (χ1) is 8.20. The predicted octanol–water partition coefficient (Wildman–Crippen LogP) is 2.13. The van der Waals surface area contributed by atoms with Gasteiger partial charge in [-0.3, -0.25) is 4.79 Å². The van der Waals surface area contributed by atoms with Crippen molar-refractivity contribution in [3.05, 3.63) is 35.4 Å². The van der Waals surface area contributed by atoms with E-state index in [9.17, 15) is 4.79 Å². The van der Waals surface area contributed by atoms with Crippen molar-refractivity contribution in [1.82, 2.24) is 4.90 Å². The molecular weight excluding hydrogens is 238 g/mol. The zero-order valence-corrected chi connectivity index (χ0v) is 10.6. The molecule has 1 fully saturated rings. The summed E-state index contributed by atoms with van der Waals surface area (Å²) in [6.45, 7) is 3.85. The van der Waals surface area contributed by atoms with Gasteiger partial charge in [0.1, 0.15) is 12.0 Å². The molecule has 0 spiro atoms. The number of carbonyl (C=O) groups is 1. The Kier molecular flexibility index (Phi) is 4.02. The van der Waals surface area contributed by atoms with Gasteiger partial charge in [0.15, 0.2) is 0 Å². The third-order valence-electron chi connectivity index (χ3n) is 2.95. The number of alkyl halides is 1. The quantitative estimate of drug-likeness (QED) is 0.756. The van der Waals surface area contributed by atoms with Crippen LogP contribution in [0.15, 0.2) is 24.3 Å². The van der Waals surface area contributed by atoms with Crippen LogP contribution < -0.4 is 0 Å². The highest BCUT2D eigenvalue weighted by atomic mass is 35.5. The van der Waals surface area contributed by atoms with Crippen LogP contribution in [0.1, 0.15) is 17.2 Å². The van der Waals surface area contributed by atoms with Gasteiger partial charge in [0.25, 0.3) is 0 Å². The Labute approximate surface area is 106 Å². The molecule has 0 N–H and O–H groups in total. The number of aryl methyl sites for hydroxylation is 1.